The van der Waals surface area contributed by atoms with Crippen LogP contribution in [0.1, 0.15) is 41.9 Å². The molecule has 1 heterocycles. The van der Waals surface area contributed by atoms with Gasteiger partial charge in [-0.2, -0.15) is 0 Å². The summed E-state index contributed by atoms with van der Waals surface area (Å²) in [6, 6.07) is 5.85. The first-order chi connectivity index (χ1) is 8.72. The maximum atomic E-state index is 12.4. The molecule has 1 saturated carbocycles. The summed E-state index contributed by atoms with van der Waals surface area (Å²) in [7, 11) is 0. The van der Waals surface area contributed by atoms with Gasteiger partial charge in [0.15, 0.2) is 0 Å². The predicted octanol–water partition coefficient (Wildman–Crippen LogP) is 1.77. The molecule has 1 fully saturated rings. The summed E-state index contributed by atoms with van der Waals surface area (Å²) in [5.74, 6) is -0.00292. The predicted molar refractivity (Wildman–Crippen MR) is 69.4 cm³/mol. The molecule has 1 aromatic rings. The van der Waals surface area contributed by atoms with Gasteiger partial charge in [-0.15, -0.1) is 0 Å². The van der Waals surface area contributed by atoms with Crippen molar-refractivity contribution in [2.45, 2.75) is 38.6 Å². The highest BCUT2D eigenvalue weighted by Crippen LogP contribution is 2.26. The number of rotatable bonds is 5. The van der Waals surface area contributed by atoms with Crippen molar-refractivity contribution in [3.8, 4) is 0 Å². The quantitative estimate of drug-likeness (QED) is 0.864. The average Bonchev–Trinajstić information content (AvgIpc) is 2.31. The summed E-state index contributed by atoms with van der Waals surface area (Å²) in [5, 5.41) is 8.93. The van der Waals surface area contributed by atoms with Crippen LogP contribution < -0.4 is 0 Å². The van der Waals surface area contributed by atoms with Crippen LogP contribution in [0.25, 0.3) is 0 Å². The monoisotopic (exact) mass is 248 g/mol. The van der Waals surface area contributed by atoms with Gasteiger partial charge in [-0.25, -0.2) is 4.98 Å². The molecule has 0 unspecified atom stereocenters. The zero-order chi connectivity index (χ0) is 13.0. The minimum Gasteiger partial charge on any atom is -0.396 e. The molecule has 1 amide bonds. The van der Waals surface area contributed by atoms with E-state index in [4.69, 9.17) is 5.11 Å². The summed E-state index contributed by atoms with van der Waals surface area (Å²) in [6.45, 7) is 2.63. The Balaban J connectivity index is 2.11. The van der Waals surface area contributed by atoms with Gasteiger partial charge < -0.3 is 10.0 Å². The number of carbonyl (C=O) groups is 1. The molecule has 0 aromatic carbocycles. The number of carbonyl (C=O) groups excluding carboxylic acids is 1. The van der Waals surface area contributed by atoms with Gasteiger partial charge in [-0.3, -0.25) is 4.79 Å². The first-order valence-corrected chi connectivity index (χ1v) is 6.58. The number of aromatic nitrogens is 1. The van der Waals surface area contributed by atoms with E-state index in [1.54, 1.807) is 6.07 Å². The highest BCUT2D eigenvalue weighted by molar-refractivity contribution is 5.92. The zero-order valence-electron chi connectivity index (χ0n) is 10.8. The van der Waals surface area contributed by atoms with E-state index in [-0.39, 0.29) is 12.5 Å². The molecule has 18 heavy (non-hydrogen) atoms. The largest absolute Gasteiger partial charge is 0.396 e. The molecule has 1 aliphatic rings. The highest BCUT2D eigenvalue weighted by Gasteiger charge is 2.29. The standard InChI is InChI=1S/C14H20N2O2/c1-11-5-2-8-13(15-11)14(18)16(9-4-10-17)12-6-3-7-12/h2,5,8,12,17H,3-4,6-7,9-10H2,1H3. The smallest absolute Gasteiger partial charge is 0.272 e. The minimum absolute atomic E-state index is 0.00292. The van der Waals surface area contributed by atoms with Gasteiger partial charge in [-0.1, -0.05) is 6.07 Å². The lowest BCUT2D eigenvalue weighted by atomic mass is 9.91. The van der Waals surface area contributed by atoms with Crippen molar-refractivity contribution >= 4 is 5.91 Å². The molecule has 4 nitrogen and oxygen atoms in total. The normalized spacial score (nSPS) is 15.2. The molecular formula is C14H20N2O2. The average molecular weight is 248 g/mol. The van der Waals surface area contributed by atoms with Gasteiger partial charge in [-0.05, 0) is 44.7 Å². The third-order valence-electron chi connectivity index (χ3n) is 3.44. The maximum absolute atomic E-state index is 12.4. The first kappa shape index (κ1) is 13.0. The van der Waals surface area contributed by atoms with Crippen molar-refractivity contribution < 1.29 is 9.90 Å². The SMILES string of the molecule is Cc1cccc(C(=O)N(CCCO)C2CCC2)n1. The lowest BCUT2D eigenvalue weighted by Crippen LogP contribution is -2.45. The zero-order valence-corrected chi connectivity index (χ0v) is 10.8. The van der Waals surface area contributed by atoms with Crippen LogP contribution in [0.4, 0.5) is 0 Å². The van der Waals surface area contributed by atoms with Gasteiger partial charge in [0, 0.05) is 24.9 Å². The van der Waals surface area contributed by atoms with Crippen LogP contribution in [0.5, 0.6) is 0 Å². The minimum atomic E-state index is -0.00292. The summed E-state index contributed by atoms with van der Waals surface area (Å²) in [5.41, 5.74) is 1.37. The number of aryl methyl sites for hydroxylation is 1. The van der Waals surface area contributed by atoms with Gasteiger partial charge >= 0.3 is 0 Å². The molecule has 2 rings (SSSR count). The van der Waals surface area contributed by atoms with Gasteiger partial charge in [0.25, 0.3) is 5.91 Å². The highest BCUT2D eigenvalue weighted by atomic mass is 16.3. The molecule has 1 aromatic heterocycles. The Morgan fingerprint density at radius 3 is 2.83 bits per heavy atom. The first-order valence-electron chi connectivity index (χ1n) is 6.58. The lowest BCUT2D eigenvalue weighted by molar-refractivity contribution is 0.0556. The number of hydrogen-bond donors (Lipinski definition) is 1. The van der Waals surface area contributed by atoms with E-state index in [0.29, 0.717) is 24.7 Å². The lowest BCUT2D eigenvalue weighted by Gasteiger charge is -2.37. The van der Waals surface area contributed by atoms with E-state index in [1.165, 1.54) is 6.42 Å². The molecule has 0 atom stereocenters. The number of pyridine rings is 1. The number of aliphatic hydroxyl groups is 1. The van der Waals surface area contributed by atoms with Crippen LogP contribution in [0.3, 0.4) is 0 Å². The Kier molecular flexibility index (Phi) is 4.31. The van der Waals surface area contributed by atoms with Crippen LogP contribution in [-0.4, -0.2) is 40.1 Å². The molecule has 0 aliphatic heterocycles. The van der Waals surface area contributed by atoms with Crippen LogP contribution >= 0.6 is 0 Å². The molecule has 0 saturated heterocycles. The van der Waals surface area contributed by atoms with Crippen molar-refractivity contribution in [1.29, 1.82) is 0 Å². The van der Waals surface area contributed by atoms with E-state index < -0.39 is 0 Å². The summed E-state index contributed by atoms with van der Waals surface area (Å²) >= 11 is 0. The molecule has 1 aliphatic carbocycles. The Hall–Kier alpha value is -1.42. The van der Waals surface area contributed by atoms with Crippen LogP contribution in [0, 0.1) is 6.92 Å². The maximum Gasteiger partial charge on any atom is 0.272 e. The van der Waals surface area contributed by atoms with E-state index in [9.17, 15) is 4.79 Å². The van der Waals surface area contributed by atoms with Crippen LogP contribution in [-0.2, 0) is 0 Å². The molecule has 0 bridgehead atoms. The van der Waals surface area contributed by atoms with Gasteiger partial charge in [0.05, 0.1) is 0 Å². The molecule has 4 heteroatoms. The Morgan fingerprint density at radius 1 is 1.50 bits per heavy atom. The van der Waals surface area contributed by atoms with Gasteiger partial charge in [0.1, 0.15) is 5.69 Å². The number of aliphatic hydroxyl groups excluding tert-OH is 1. The van der Waals surface area contributed by atoms with E-state index >= 15 is 0 Å². The topological polar surface area (TPSA) is 53.4 Å². The van der Waals surface area contributed by atoms with E-state index in [0.717, 1.165) is 18.5 Å². The van der Waals surface area contributed by atoms with Crippen molar-refractivity contribution in [2.24, 2.45) is 0 Å². The molecular weight excluding hydrogens is 228 g/mol. The second-order valence-electron chi connectivity index (χ2n) is 4.82. The number of nitrogens with zero attached hydrogens (tertiary/aromatic N) is 2. The van der Waals surface area contributed by atoms with E-state index in [1.807, 2.05) is 24.0 Å². The Labute approximate surface area is 108 Å². The van der Waals surface area contributed by atoms with Crippen LogP contribution in [0.15, 0.2) is 18.2 Å². The summed E-state index contributed by atoms with van der Waals surface area (Å²) in [4.78, 5) is 18.6. The van der Waals surface area contributed by atoms with Crippen molar-refractivity contribution in [2.75, 3.05) is 13.2 Å². The van der Waals surface area contributed by atoms with Crippen LogP contribution in [0.2, 0.25) is 0 Å². The third-order valence-corrected chi connectivity index (χ3v) is 3.44. The number of hydrogen-bond acceptors (Lipinski definition) is 3. The molecule has 0 radical (unpaired) electrons. The van der Waals surface area contributed by atoms with E-state index in [2.05, 4.69) is 4.98 Å². The fourth-order valence-electron chi connectivity index (χ4n) is 2.20. The Bertz CT molecular complexity index is 416. The summed E-state index contributed by atoms with van der Waals surface area (Å²) in [6.07, 6.45) is 3.97. The second-order valence-corrected chi connectivity index (χ2v) is 4.82. The fourth-order valence-corrected chi connectivity index (χ4v) is 2.20. The van der Waals surface area contributed by atoms with Gasteiger partial charge in [0.2, 0.25) is 0 Å². The summed E-state index contributed by atoms with van der Waals surface area (Å²) < 4.78 is 0. The van der Waals surface area contributed by atoms with Crippen molar-refractivity contribution in [3.05, 3.63) is 29.6 Å². The third kappa shape index (κ3) is 2.88. The van der Waals surface area contributed by atoms with Crippen molar-refractivity contribution in [1.82, 2.24) is 9.88 Å². The number of amides is 1. The molecule has 1 N–H and O–H groups in total. The fraction of sp³-hybridized carbons (Fsp3) is 0.571. The second kappa shape index (κ2) is 5.96. The molecule has 0 spiro atoms. The Morgan fingerprint density at radius 2 is 2.28 bits per heavy atom. The van der Waals surface area contributed by atoms with Crippen molar-refractivity contribution in [3.63, 3.8) is 0 Å². The molecule has 98 valence electrons.